The zero-order valence-corrected chi connectivity index (χ0v) is 15.0. The standard InChI is InChI=1S/C20H22N2O5/c23-16(24)12-21-10-4-3-9-20(19(21)27,11-13-7-8-13)22-17(25)14-5-1-2-6-15(14)18(22)26/h1-2,5-6,13H,3-4,7-12H2,(H,23,24). The van der Waals surface area contributed by atoms with Crippen LogP contribution in [0.4, 0.5) is 0 Å². The minimum absolute atomic E-state index is 0.294. The number of aliphatic carboxylic acids is 1. The second kappa shape index (κ2) is 6.48. The van der Waals surface area contributed by atoms with Crippen molar-refractivity contribution in [1.29, 1.82) is 0 Å². The molecule has 1 aromatic carbocycles. The molecule has 1 N–H and O–H groups in total. The number of amides is 3. The van der Waals surface area contributed by atoms with E-state index in [4.69, 9.17) is 0 Å². The Morgan fingerprint density at radius 1 is 1.07 bits per heavy atom. The van der Waals surface area contributed by atoms with Gasteiger partial charge in [0.05, 0.1) is 11.1 Å². The molecule has 0 spiro atoms. The maximum absolute atomic E-state index is 13.5. The summed E-state index contributed by atoms with van der Waals surface area (Å²) in [7, 11) is 0. The van der Waals surface area contributed by atoms with Crippen molar-refractivity contribution >= 4 is 23.7 Å². The van der Waals surface area contributed by atoms with Crippen LogP contribution in [-0.4, -0.2) is 57.2 Å². The van der Waals surface area contributed by atoms with Crippen LogP contribution in [0.5, 0.6) is 0 Å². The molecule has 7 heteroatoms. The predicted molar refractivity (Wildman–Crippen MR) is 95.1 cm³/mol. The first-order chi connectivity index (χ1) is 12.9. The van der Waals surface area contributed by atoms with Crippen LogP contribution >= 0.6 is 0 Å². The van der Waals surface area contributed by atoms with Crippen molar-refractivity contribution in [2.75, 3.05) is 13.1 Å². The number of rotatable bonds is 5. The highest BCUT2D eigenvalue weighted by Crippen LogP contribution is 2.45. The van der Waals surface area contributed by atoms with Gasteiger partial charge in [0.25, 0.3) is 11.8 Å². The molecule has 2 heterocycles. The number of fused-ring (bicyclic) bond motifs is 1. The molecule has 1 aliphatic carbocycles. The largest absolute Gasteiger partial charge is 0.480 e. The quantitative estimate of drug-likeness (QED) is 0.799. The van der Waals surface area contributed by atoms with Crippen LogP contribution in [0.25, 0.3) is 0 Å². The first-order valence-corrected chi connectivity index (χ1v) is 9.43. The van der Waals surface area contributed by atoms with E-state index < -0.39 is 35.8 Å². The number of hydrogen-bond donors (Lipinski definition) is 1. The number of imide groups is 1. The van der Waals surface area contributed by atoms with Gasteiger partial charge in [0, 0.05) is 6.54 Å². The van der Waals surface area contributed by atoms with E-state index in [9.17, 15) is 24.3 Å². The number of benzene rings is 1. The lowest BCUT2D eigenvalue weighted by Crippen LogP contribution is -2.61. The summed E-state index contributed by atoms with van der Waals surface area (Å²) < 4.78 is 0. The van der Waals surface area contributed by atoms with Crippen molar-refractivity contribution < 1.29 is 24.3 Å². The molecule has 1 aromatic rings. The topological polar surface area (TPSA) is 95.0 Å². The Bertz CT molecular complexity index is 796. The second-order valence-corrected chi connectivity index (χ2v) is 7.75. The first kappa shape index (κ1) is 17.7. The fourth-order valence-electron chi connectivity index (χ4n) is 4.40. The molecule has 3 amide bonds. The molecular weight excluding hydrogens is 348 g/mol. The van der Waals surface area contributed by atoms with Gasteiger partial charge in [0.15, 0.2) is 0 Å². The second-order valence-electron chi connectivity index (χ2n) is 7.75. The third kappa shape index (κ3) is 2.91. The molecule has 0 bridgehead atoms. The van der Waals surface area contributed by atoms with Crippen molar-refractivity contribution in [3.8, 4) is 0 Å². The molecule has 2 fully saturated rings. The smallest absolute Gasteiger partial charge is 0.323 e. The molecule has 0 aromatic heterocycles. The molecule has 1 atom stereocenters. The molecule has 3 aliphatic rings. The Hall–Kier alpha value is -2.70. The highest BCUT2D eigenvalue weighted by Gasteiger charge is 2.56. The zero-order valence-electron chi connectivity index (χ0n) is 15.0. The van der Waals surface area contributed by atoms with Gasteiger partial charge in [-0.15, -0.1) is 0 Å². The van der Waals surface area contributed by atoms with Crippen molar-refractivity contribution in [1.82, 2.24) is 9.80 Å². The van der Waals surface area contributed by atoms with Gasteiger partial charge in [0.1, 0.15) is 12.1 Å². The lowest BCUT2D eigenvalue weighted by molar-refractivity contribution is -0.149. The zero-order chi connectivity index (χ0) is 19.2. The highest BCUT2D eigenvalue weighted by atomic mass is 16.4. The number of carbonyl (C=O) groups is 4. The van der Waals surface area contributed by atoms with Crippen molar-refractivity contribution in [2.24, 2.45) is 5.92 Å². The normalized spacial score (nSPS) is 25.6. The fourth-order valence-corrected chi connectivity index (χ4v) is 4.40. The van der Waals surface area contributed by atoms with Gasteiger partial charge in [-0.1, -0.05) is 25.0 Å². The number of hydrogen-bond acceptors (Lipinski definition) is 4. The Morgan fingerprint density at radius 2 is 1.70 bits per heavy atom. The first-order valence-electron chi connectivity index (χ1n) is 9.43. The SMILES string of the molecule is O=C(O)CN1CCCCC(CC2CC2)(N2C(=O)c3ccccc3C2=O)C1=O. The van der Waals surface area contributed by atoms with Crippen LogP contribution in [-0.2, 0) is 9.59 Å². The maximum atomic E-state index is 13.5. The molecule has 1 unspecified atom stereocenters. The minimum Gasteiger partial charge on any atom is -0.480 e. The van der Waals surface area contributed by atoms with E-state index in [1.807, 2.05) is 0 Å². The van der Waals surface area contributed by atoms with Crippen molar-refractivity contribution in [2.45, 2.75) is 44.1 Å². The van der Waals surface area contributed by atoms with Gasteiger partial charge in [-0.05, 0) is 43.7 Å². The summed E-state index contributed by atoms with van der Waals surface area (Å²) in [6.07, 6.45) is 4.09. The van der Waals surface area contributed by atoms with Crippen LogP contribution < -0.4 is 0 Å². The summed E-state index contributed by atoms with van der Waals surface area (Å²) >= 11 is 0. The lowest BCUT2D eigenvalue weighted by atomic mass is 9.84. The summed E-state index contributed by atoms with van der Waals surface area (Å²) in [6, 6.07) is 6.62. The van der Waals surface area contributed by atoms with Crippen LogP contribution in [0.3, 0.4) is 0 Å². The monoisotopic (exact) mass is 370 g/mol. The van der Waals surface area contributed by atoms with Gasteiger partial charge in [-0.2, -0.15) is 0 Å². The van der Waals surface area contributed by atoms with Gasteiger partial charge in [0.2, 0.25) is 5.91 Å². The molecule has 27 heavy (non-hydrogen) atoms. The molecule has 7 nitrogen and oxygen atoms in total. The van der Waals surface area contributed by atoms with Gasteiger partial charge in [-0.3, -0.25) is 24.1 Å². The lowest BCUT2D eigenvalue weighted by Gasteiger charge is -2.40. The summed E-state index contributed by atoms with van der Waals surface area (Å²) in [5.41, 5.74) is -0.640. The number of carboxylic acids is 1. The summed E-state index contributed by atoms with van der Waals surface area (Å²) in [4.78, 5) is 53.5. The summed E-state index contributed by atoms with van der Waals surface area (Å²) in [6.45, 7) is -0.0743. The van der Waals surface area contributed by atoms with E-state index in [1.165, 1.54) is 4.90 Å². The average Bonchev–Trinajstić information content (AvgIpc) is 3.43. The molecule has 2 aliphatic heterocycles. The van der Waals surface area contributed by atoms with Gasteiger partial charge < -0.3 is 10.0 Å². The number of nitrogens with zero attached hydrogens (tertiary/aromatic N) is 2. The summed E-state index contributed by atoms with van der Waals surface area (Å²) in [5.74, 6) is -2.08. The van der Waals surface area contributed by atoms with E-state index in [0.717, 1.165) is 17.7 Å². The third-order valence-corrected chi connectivity index (χ3v) is 5.83. The van der Waals surface area contributed by atoms with E-state index in [1.54, 1.807) is 24.3 Å². The molecule has 1 saturated heterocycles. The van der Waals surface area contributed by atoms with Gasteiger partial charge >= 0.3 is 5.97 Å². The Morgan fingerprint density at radius 3 is 2.26 bits per heavy atom. The number of carbonyl (C=O) groups excluding carboxylic acids is 3. The van der Waals surface area contributed by atoms with Crippen LogP contribution in [0.1, 0.15) is 59.2 Å². The number of carboxylic acid groups (broad SMARTS) is 1. The Kier molecular flexibility index (Phi) is 4.25. The summed E-state index contributed by atoms with van der Waals surface area (Å²) in [5, 5.41) is 9.21. The Labute approximate surface area is 156 Å². The van der Waals surface area contributed by atoms with E-state index in [-0.39, 0.29) is 0 Å². The van der Waals surface area contributed by atoms with E-state index in [0.29, 0.717) is 49.3 Å². The van der Waals surface area contributed by atoms with Crippen LogP contribution in [0.2, 0.25) is 0 Å². The molecule has 4 rings (SSSR count). The highest BCUT2D eigenvalue weighted by molar-refractivity contribution is 6.23. The number of likely N-dealkylation sites (tertiary alicyclic amines) is 1. The van der Waals surface area contributed by atoms with Crippen LogP contribution in [0.15, 0.2) is 24.3 Å². The molecular formula is C20H22N2O5. The molecule has 0 radical (unpaired) electrons. The van der Waals surface area contributed by atoms with E-state index in [2.05, 4.69) is 0 Å². The van der Waals surface area contributed by atoms with Crippen molar-refractivity contribution in [3.63, 3.8) is 0 Å². The maximum Gasteiger partial charge on any atom is 0.323 e. The van der Waals surface area contributed by atoms with E-state index >= 15 is 0 Å². The molecule has 142 valence electrons. The van der Waals surface area contributed by atoms with Crippen molar-refractivity contribution in [3.05, 3.63) is 35.4 Å². The Balaban J connectivity index is 1.78. The average molecular weight is 370 g/mol. The van der Waals surface area contributed by atoms with Crippen LogP contribution in [0, 0.1) is 5.92 Å². The molecule has 1 saturated carbocycles. The van der Waals surface area contributed by atoms with Gasteiger partial charge in [-0.25, -0.2) is 0 Å². The fraction of sp³-hybridized carbons (Fsp3) is 0.500. The third-order valence-electron chi connectivity index (χ3n) is 5.83. The minimum atomic E-state index is -1.28. The predicted octanol–water partition coefficient (Wildman–Crippen LogP) is 1.92.